The van der Waals surface area contributed by atoms with Gasteiger partial charge in [-0.3, -0.25) is 4.55 Å². The van der Waals surface area contributed by atoms with Gasteiger partial charge >= 0.3 is 0 Å². The molecular weight excluding hydrogens is 392 g/mol. The number of hydrogen-bond donors (Lipinski definition) is 1. The number of benzene rings is 4. The standard InChI is InChI=1S/C26H20O3S/c27-30(28,29)24-18-16-23(17-19-24)26(22-14-8-3-9-15-22)25(20-10-4-1-5-11-20)21-12-6-2-7-13-21/h1-19H,(H,27,28,29). The van der Waals surface area contributed by atoms with Gasteiger partial charge in [0.15, 0.2) is 0 Å². The molecule has 0 saturated carbocycles. The van der Waals surface area contributed by atoms with Gasteiger partial charge in [0.2, 0.25) is 0 Å². The van der Waals surface area contributed by atoms with Crippen LogP contribution in [-0.4, -0.2) is 13.0 Å². The van der Waals surface area contributed by atoms with Gasteiger partial charge < -0.3 is 0 Å². The Morgan fingerprint density at radius 1 is 0.467 bits per heavy atom. The van der Waals surface area contributed by atoms with Crippen LogP contribution < -0.4 is 0 Å². The van der Waals surface area contributed by atoms with Crippen molar-refractivity contribution in [2.75, 3.05) is 0 Å². The summed E-state index contributed by atoms with van der Waals surface area (Å²) < 4.78 is 32.4. The summed E-state index contributed by atoms with van der Waals surface area (Å²) in [5.74, 6) is 0. The first-order chi connectivity index (χ1) is 14.5. The highest BCUT2D eigenvalue weighted by Crippen LogP contribution is 2.36. The van der Waals surface area contributed by atoms with Crippen LogP contribution in [-0.2, 0) is 10.1 Å². The van der Waals surface area contributed by atoms with Gasteiger partial charge in [0.25, 0.3) is 10.1 Å². The summed E-state index contributed by atoms with van der Waals surface area (Å²) >= 11 is 0. The van der Waals surface area contributed by atoms with E-state index in [1.165, 1.54) is 12.1 Å². The molecule has 0 amide bonds. The van der Waals surface area contributed by atoms with Crippen molar-refractivity contribution in [2.24, 2.45) is 0 Å². The second-order valence-electron chi connectivity index (χ2n) is 6.85. The quantitative estimate of drug-likeness (QED) is 0.326. The van der Waals surface area contributed by atoms with Crippen LogP contribution in [0.15, 0.2) is 120 Å². The second-order valence-corrected chi connectivity index (χ2v) is 8.27. The summed E-state index contributed by atoms with van der Waals surface area (Å²) in [4.78, 5) is -0.125. The van der Waals surface area contributed by atoms with Gasteiger partial charge in [-0.15, -0.1) is 0 Å². The highest BCUT2D eigenvalue weighted by Gasteiger charge is 2.17. The lowest BCUT2D eigenvalue weighted by atomic mass is 9.86. The zero-order valence-electron chi connectivity index (χ0n) is 16.1. The maximum atomic E-state index is 11.5. The van der Waals surface area contributed by atoms with E-state index in [1.807, 2.05) is 66.7 Å². The highest BCUT2D eigenvalue weighted by molar-refractivity contribution is 7.85. The summed E-state index contributed by atoms with van der Waals surface area (Å²) in [6, 6.07) is 36.6. The average molecular weight is 413 g/mol. The third-order valence-electron chi connectivity index (χ3n) is 4.88. The molecule has 0 atom stereocenters. The molecule has 0 aliphatic heterocycles. The average Bonchev–Trinajstić information content (AvgIpc) is 2.79. The minimum atomic E-state index is -4.25. The summed E-state index contributed by atoms with van der Waals surface area (Å²) in [7, 11) is -4.25. The fourth-order valence-corrected chi connectivity index (χ4v) is 4.00. The third kappa shape index (κ3) is 4.25. The molecule has 0 bridgehead atoms. The van der Waals surface area contributed by atoms with Crippen LogP contribution in [0.25, 0.3) is 11.1 Å². The number of hydrogen-bond acceptors (Lipinski definition) is 2. The monoisotopic (exact) mass is 412 g/mol. The molecule has 0 saturated heterocycles. The van der Waals surface area contributed by atoms with E-state index in [0.717, 1.165) is 33.4 Å². The smallest absolute Gasteiger partial charge is 0.282 e. The normalized spacial score (nSPS) is 11.1. The molecule has 4 aromatic rings. The zero-order chi connectivity index (χ0) is 21.0. The predicted octanol–water partition coefficient (Wildman–Crippen LogP) is 5.94. The zero-order valence-corrected chi connectivity index (χ0v) is 17.0. The van der Waals surface area contributed by atoms with Gasteiger partial charge in [-0.05, 0) is 45.5 Å². The lowest BCUT2D eigenvalue weighted by molar-refractivity contribution is 0.483. The van der Waals surface area contributed by atoms with Crippen LogP contribution in [0.1, 0.15) is 22.3 Å². The molecule has 3 nitrogen and oxygen atoms in total. The molecule has 0 unspecified atom stereocenters. The van der Waals surface area contributed by atoms with Crippen LogP contribution in [0.2, 0.25) is 0 Å². The van der Waals surface area contributed by atoms with Crippen molar-refractivity contribution >= 4 is 21.3 Å². The molecular formula is C26H20O3S. The molecule has 4 heteroatoms. The topological polar surface area (TPSA) is 54.4 Å². The van der Waals surface area contributed by atoms with Gasteiger partial charge in [-0.1, -0.05) is 103 Å². The van der Waals surface area contributed by atoms with Gasteiger partial charge in [0.1, 0.15) is 0 Å². The van der Waals surface area contributed by atoms with Crippen LogP contribution >= 0.6 is 0 Å². The Morgan fingerprint density at radius 2 is 0.767 bits per heavy atom. The van der Waals surface area contributed by atoms with Crippen molar-refractivity contribution in [3.8, 4) is 0 Å². The lowest BCUT2D eigenvalue weighted by Crippen LogP contribution is -2.00. The fourth-order valence-electron chi connectivity index (χ4n) is 3.52. The Balaban J connectivity index is 2.05. The van der Waals surface area contributed by atoms with E-state index >= 15 is 0 Å². The molecule has 0 fully saturated rings. The molecule has 0 aliphatic carbocycles. The maximum absolute atomic E-state index is 11.5. The van der Waals surface area contributed by atoms with Crippen molar-refractivity contribution in [3.63, 3.8) is 0 Å². The molecule has 1 N–H and O–H groups in total. The molecule has 148 valence electrons. The van der Waals surface area contributed by atoms with Crippen LogP contribution in [0.3, 0.4) is 0 Å². The van der Waals surface area contributed by atoms with Gasteiger partial charge in [-0.25, -0.2) is 0 Å². The molecule has 0 spiro atoms. The fraction of sp³-hybridized carbons (Fsp3) is 0. The maximum Gasteiger partial charge on any atom is 0.294 e. The van der Waals surface area contributed by atoms with Gasteiger partial charge in [0, 0.05) is 0 Å². The molecule has 0 aliphatic rings. The van der Waals surface area contributed by atoms with E-state index in [0.29, 0.717) is 0 Å². The molecule has 0 heterocycles. The van der Waals surface area contributed by atoms with Crippen molar-refractivity contribution in [3.05, 3.63) is 138 Å². The first-order valence-corrected chi connectivity index (χ1v) is 11.0. The van der Waals surface area contributed by atoms with E-state index in [1.54, 1.807) is 12.1 Å². The second kappa shape index (κ2) is 8.49. The van der Waals surface area contributed by atoms with Crippen molar-refractivity contribution < 1.29 is 13.0 Å². The van der Waals surface area contributed by atoms with E-state index < -0.39 is 10.1 Å². The summed E-state index contributed by atoms with van der Waals surface area (Å²) in [6.07, 6.45) is 0. The summed E-state index contributed by atoms with van der Waals surface area (Å²) in [5.41, 5.74) is 6.01. The van der Waals surface area contributed by atoms with Crippen molar-refractivity contribution in [1.82, 2.24) is 0 Å². The van der Waals surface area contributed by atoms with Crippen molar-refractivity contribution in [1.29, 1.82) is 0 Å². The first kappa shape index (κ1) is 19.8. The van der Waals surface area contributed by atoms with Crippen LogP contribution in [0, 0.1) is 0 Å². The van der Waals surface area contributed by atoms with E-state index in [-0.39, 0.29) is 4.90 Å². The van der Waals surface area contributed by atoms with Crippen LogP contribution in [0.5, 0.6) is 0 Å². The van der Waals surface area contributed by atoms with E-state index in [4.69, 9.17) is 0 Å². The molecule has 30 heavy (non-hydrogen) atoms. The molecule has 4 aromatic carbocycles. The lowest BCUT2D eigenvalue weighted by Gasteiger charge is -2.18. The van der Waals surface area contributed by atoms with E-state index in [2.05, 4.69) is 24.3 Å². The predicted molar refractivity (Wildman–Crippen MR) is 121 cm³/mol. The molecule has 0 radical (unpaired) electrons. The Bertz CT molecular complexity index is 1220. The van der Waals surface area contributed by atoms with Crippen molar-refractivity contribution in [2.45, 2.75) is 4.90 Å². The minimum absolute atomic E-state index is 0.125. The largest absolute Gasteiger partial charge is 0.294 e. The molecule has 4 rings (SSSR count). The number of rotatable bonds is 5. The highest BCUT2D eigenvalue weighted by atomic mass is 32.2. The Labute approximate surface area is 176 Å². The van der Waals surface area contributed by atoms with Gasteiger partial charge in [-0.2, -0.15) is 8.42 Å². The molecule has 0 aromatic heterocycles. The first-order valence-electron chi connectivity index (χ1n) is 9.52. The minimum Gasteiger partial charge on any atom is -0.282 e. The van der Waals surface area contributed by atoms with Gasteiger partial charge in [0.05, 0.1) is 4.90 Å². The Morgan fingerprint density at radius 3 is 1.07 bits per heavy atom. The van der Waals surface area contributed by atoms with E-state index in [9.17, 15) is 13.0 Å². The SMILES string of the molecule is O=S(=O)(O)c1ccc(C(=C(c2ccccc2)c2ccccc2)c2ccccc2)cc1. The Kier molecular flexibility index (Phi) is 5.61. The summed E-state index contributed by atoms with van der Waals surface area (Å²) in [6.45, 7) is 0. The third-order valence-corrected chi connectivity index (χ3v) is 5.75. The summed E-state index contributed by atoms with van der Waals surface area (Å²) in [5, 5.41) is 0. The van der Waals surface area contributed by atoms with Crippen LogP contribution in [0.4, 0.5) is 0 Å². The Hall–Kier alpha value is -3.47.